The normalized spacial score (nSPS) is 12.6. The monoisotopic (exact) mass is 535 g/mol. The van der Waals surface area contributed by atoms with Crippen LogP contribution < -0.4 is 27.0 Å². The van der Waals surface area contributed by atoms with E-state index in [0.717, 1.165) is 18.4 Å². The number of anilines is 1. The summed E-state index contributed by atoms with van der Waals surface area (Å²) in [5.74, 6) is -2.02. The molecule has 2 atom stereocenters. The van der Waals surface area contributed by atoms with Crippen molar-refractivity contribution in [2.24, 2.45) is 11.7 Å². The van der Waals surface area contributed by atoms with Gasteiger partial charge < -0.3 is 31.2 Å². The van der Waals surface area contributed by atoms with Crippen LogP contribution in [0, 0.1) is 5.92 Å². The SMILES string of the molecule is CCCc1ccc(NC(=O)OC(=O)C(CCCNC(N)=O)NC(=O)C(NC(=O)OC(C)(C)C)C(C)C)cc1. The Labute approximate surface area is 223 Å². The van der Waals surface area contributed by atoms with Gasteiger partial charge in [0.25, 0.3) is 0 Å². The molecule has 212 valence electrons. The van der Waals surface area contributed by atoms with Crippen molar-refractivity contribution in [3.05, 3.63) is 29.8 Å². The van der Waals surface area contributed by atoms with E-state index in [4.69, 9.17) is 15.2 Å². The molecule has 0 aromatic heterocycles. The predicted octanol–water partition coefficient (Wildman–Crippen LogP) is 3.20. The van der Waals surface area contributed by atoms with Crippen LogP contribution in [0.3, 0.4) is 0 Å². The highest BCUT2D eigenvalue weighted by Gasteiger charge is 2.31. The number of benzene rings is 1. The first-order chi connectivity index (χ1) is 17.7. The first kappa shape index (κ1) is 32.2. The van der Waals surface area contributed by atoms with Gasteiger partial charge in [0, 0.05) is 12.2 Å². The van der Waals surface area contributed by atoms with Gasteiger partial charge in [-0.25, -0.2) is 19.2 Å². The molecule has 12 heteroatoms. The fourth-order valence-electron chi connectivity index (χ4n) is 3.35. The number of rotatable bonds is 12. The average molecular weight is 536 g/mol. The number of nitrogens with one attached hydrogen (secondary N) is 4. The Morgan fingerprint density at radius 3 is 2.13 bits per heavy atom. The second-order valence-electron chi connectivity index (χ2n) is 10.1. The molecular weight excluding hydrogens is 494 g/mol. The maximum Gasteiger partial charge on any atom is 0.419 e. The Kier molecular flexibility index (Phi) is 13.1. The zero-order valence-corrected chi connectivity index (χ0v) is 23.0. The van der Waals surface area contributed by atoms with E-state index in [1.807, 2.05) is 12.1 Å². The standard InChI is InChI=1S/C26H41N5O7/c1-7-9-17-11-13-18(14-12-17)29-24(35)37-22(33)19(10-8-15-28-23(27)34)30-21(32)20(16(2)3)31-25(36)38-26(4,5)6/h11-14,16,19-20H,7-10,15H2,1-6H3,(H,29,35)(H,30,32)(H,31,36)(H3,27,28,34). The summed E-state index contributed by atoms with van der Waals surface area (Å²) in [5.41, 5.74) is 5.84. The third-order valence-corrected chi connectivity index (χ3v) is 5.12. The van der Waals surface area contributed by atoms with Gasteiger partial charge in [0.1, 0.15) is 17.7 Å². The van der Waals surface area contributed by atoms with Crippen LogP contribution in [-0.2, 0) is 25.5 Å². The van der Waals surface area contributed by atoms with Crippen LogP contribution in [0.2, 0.25) is 0 Å². The number of urea groups is 1. The van der Waals surface area contributed by atoms with Crippen molar-refractivity contribution < 1.29 is 33.4 Å². The highest BCUT2D eigenvalue weighted by Crippen LogP contribution is 2.13. The minimum absolute atomic E-state index is 0.0289. The van der Waals surface area contributed by atoms with Gasteiger partial charge in [0.2, 0.25) is 5.91 Å². The molecule has 0 spiro atoms. The number of alkyl carbamates (subject to hydrolysis) is 1. The number of hydrogen-bond donors (Lipinski definition) is 5. The first-order valence-corrected chi connectivity index (χ1v) is 12.7. The van der Waals surface area contributed by atoms with Crippen LogP contribution in [0.15, 0.2) is 24.3 Å². The van der Waals surface area contributed by atoms with Crippen LogP contribution in [0.25, 0.3) is 0 Å². The van der Waals surface area contributed by atoms with Gasteiger partial charge in [-0.05, 0) is 63.6 Å². The fraction of sp³-hybridized carbons (Fsp3) is 0.577. The minimum atomic E-state index is -1.24. The van der Waals surface area contributed by atoms with Crippen LogP contribution >= 0.6 is 0 Å². The second kappa shape index (κ2) is 15.4. The molecule has 0 aliphatic heterocycles. The van der Waals surface area contributed by atoms with Gasteiger partial charge >= 0.3 is 24.2 Å². The predicted molar refractivity (Wildman–Crippen MR) is 142 cm³/mol. The smallest absolute Gasteiger partial charge is 0.419 e. The van der Waals surface area contributed by atoms with E-state index in [0.29, 0.717) is 5.69 Å². The maximum atomic E-state index is 13.0. The zero-order chi connectivity index (χ0) is 28.9. The second-order valence-corrected chi connectivity index (χ2v) is 10.1. The Bertz CT molecular complexity index is 958. The largest absolute Gasteiger partial charge is 0.444 e. The maximum absolute atomic E-state index is 13.0. The van der Waals surface area contributed by atoms with E-state index < -0.39 is 47.8 Å². The number of esters is 1. The molecule has 0 aliphatic carbocycles. The molecule has 0 saturated heterocycles. The van der Waals surface area contributed by atoms with Crippen LogP contribution in [-0.4, -0.2) is 54.3 Å². The first-order valence-electron chi connectivity index (χ1n) is 12.7. The number of nitrogens with two attached hydrogens (primary N) is 1. The molecule has 1 aromatic rings. The number of ether oxygens (including phenoxy) is 2. The van der Waals surface area contributed by atoms with Crippen LogP contribution in [0.1, 0.15) is 66.4 Å². The van der Waals surface area contributed by atoms with Crippen molar-refractivity contribution in [3.8, 4) is 0 Å². The number of carbonyl (C=O) groups excluding carboxylic acids is 5. The summed E-state index contributed by atoms with van der Waals surface area (Å²) in [6.45, 7) is 10.7. The molecule has 6 N–H and O–H groups in total. The van der Waals surface area contributed by atoms with Gasteiger partial charge in [-0.1, -0.05) is 39.3 Å². The van der Waals surface area contributed by atoms with E-state index in [-0.39, 0.29) is 25.3 Å². The van der Waals surface area contributed by atoms with Crippen molar-refractivity contribution in [2.45, 2.75) is 84.9 Å². The molecular formula is C26H41N5O7. The quantitative estimate of drug-likeness (QED) is 0.155. The molecule has 0 radical (unpaired) electrons. The lowest BCUT2D eigenvalue weighted by Gasteiger charge is -2.26. The van der Waals surface area contributed by atoms with Crippen molar-refractivity contribution in [2.75, 3.05) is 11.9 Å². The van der Waals surface area contributed by atoms with E-state index in [2.05, 4.69) is 28.2 Å². The molecule has 2 unspecified atom stereocenters. The van der Waals surface area contributed by atoms with E-state index in [9.17, 15) is 24.0 Å². The molecule has 0 saturated carbocycles. The molecule has 0 fully saturated rings. The summed E-state index contributed by atoms with van der Waals surface area (Å²) in [7, 11) is 0. The highest BCUT2D eigenvalue weighted by molar-refractivity contribution is 5.96. The third-order valence-electron chi connectivity index (χ3n) is 5.12. The summed E-state index contributed by atoms with van der Waals surface area (Å²) in [5, 5.41) is 9.92. The Morgan fingerprint density at radius 2 is 1.61 bits per heavy atom. The molecule has 0 aliphatic rings. The number of carbonyl (C=O) groups is 5. The van der Waals surface area contributed by atoms with Gasteiger partial charge in [-0.15, -0.1) is 0 Å². The number of hydrogen-bond acceptors (Lipinski definition) is 7. The Balaban J connectivity index is 2.89. The highest BCUT2D eigenvalue weighted by atomic mass is 16.6. The lowest BCUT2D eigenvalue weighted by atomic mass is 10.0. The summed E-state index contributed by atoms with van der Waals surface area (Å²) in [6.07, 6.45) is 0.350. The van der Waals surface area contributed by atoms with Crippen LogP contribution in [0.4, 0.5) is 20.1 Å². The van der Waals surface area contributed by atoms with Crippen molar-refractivity contribution in [3.63, 3.8) is 0 Å². The average Bonchev–Trinajstić information content (AvgIpc) is 2.79. The molecule has 12 nitrogen and oxygen atoms in total. The molecule has 38 heavy (non-hydrogen) atoms. The summed E-state index contributed by atoms with van der Waals surface area (Å²) in [6, 6.07) is 4.11. The lowest BCUT2D eigenvalue weighted by Crippen LogP contribution is -2.54. The molecule has 5 amide bonds. The number of aryl methyl sites for hydroxylation is 1. The molecule has 1 aromatic carbocycles. The Morgan fingerprint density at radius 1 is 0.974 bits per heavy atom. The van der Waals surface area contributed by atoms with Gasteiger partial charge in [-0.3, -0.25) is 10.1 Å². The van der Waals surface area contributed by atoms with E-state index >= 15 is 0 Å². The van der Waals surface area contributed by atoms with Crippen molar-refractivity contribution >= 4 is 35.8 Å². The fourth-order valence-corrected chi connectivity index (χ4v) is 3.35. The number of primary amides is 1. The summed E-state index contributed by atoms with van der Waals surface area (Å²) < 4.78 is 10.2. The molecule has 1 rings (SSSR count). The van der Waals surface area contributed by atoms with Crippen molar-refractivity contribution in [1.29, 1.82) is 0 Å². The lowest BCUT2D eigenvalue weighted by molar-refractivity contribution is -0.142. The molecule has 0 bridgehead atoms. The Hall–Kier alpha value is -3.83. The topological polar surface area (TPSA) is 178 Å². The molecule has 0 heterocycles. The third kappa shape index (κ3) is 12.9. The van der Waals surface area contributed by atoms with E-state index in [1.165, 1.54) is 0 Å². The van der Waals surface area contributed by atoms with E-state index in [1.54, 1.807) is 46.8 Å². The van der Waals surface area contributed by atoms with Gasteiger partial charge in [-0.2, -0.15) is 0 Å². The van der Waals surface area contributed by atoms with Gasteiger partial charge in [0.05, 0.1) is 0 Å². The summed E-state index contributed by atoms with van der Waals surface area (Å²) in [4.78, 5) is 61.4. The number of amides is 5. The minimum Gasteiger partial charge on any atom is -0.444 e. The summed E-state index contributed by atoms with van der Waals surface area (Å²) >= 11 is 0. The zero-order valence-electron chi connectivity index (χ0n) is 23.0. The van der Waals surface area contributed by atoms with Gasteiger partial charge in [0.15, 0.2) is 0 Å². The van der Waals surface area contributed by atoms with Crippen LogP contribution in [0.5, 0.6) is 0 Å². The van der Waals surface area contributed by atoms with Crippen molar-refractivity contribution in [1.82, 2.24) is 16.0 Å².